The Bertz CT molecular complexity index is 2190. The third kappa shape index (κ3) is 9.80. The molecule has 4 amide bonds. The van der Waals surface area contributed by atoms with Gasteiger partial charge in [-0.05, 0) is 98.7 Å². The van der Waals surface area contributed by atoms with Crippen molar-refractivity contribution >= 4 is 54.5 Å². The van der Waals surface area contributed by atoms with Gasteiger partial charge in [-0.1, -0.05) is 18.2 Å². The lowest BCUT2D eigenvalue weighted by Crippen LogP contribution is -2.46. The number of carbonyl (C=O) groups excluding carboxylic acids is 4. The van der Waals surface area contributed by atoms with E-state index in [9.17, 15) is 28.5 Å². The maximum Gasteiger partial charge on any atom is 0.478 e. The number of phosphoric acid groups is 1. The molecule has 1 aromatic carbocycles. The van der Waals surface area contributed by atoms with Crippen molar-refractivity contribution in [1.29, 1.82) is 0 Å². The zero-order chi connectivity index (χ0) is 42.4. The maximum atomic E-state index is 13.9. The van der Waals surface area contributed by atoms with E-state index in [0.29, 0.717) is 18.4 Å². The van der Waals surface area contributed by atoms with Crippen LogP contribution in [0.25, 0.3) is 10.9 Å². The number of phosphoric ester groups is 1. The summed E-state index contributed by atoms with van der Waals surface area (Å²) in [6, 6.07) is 11.2. The molecule has 1 fully saturated rings. The van der Waals surface area contributed by atoms with Gasteiger partial charge in [-0.2, -0.15) is 4.90 Å². The van der Waals surface area contributed by atoms with E-state index in [1.807, 2.05) is 18.2 Å². The lowest BCUT2D eigenvalue weighted by atomic mass is 10.0. The Hall–Kier alpha value is -5.03. The molecule has 18 nitrogen and oxygen atoms in total. The molecule has 2 aromatic heterocycles. The molecule has 1 saturated heterocycles. The van der Waals surface area contributed by atoms with Crippen molar-refractivity contribution in [3.8, 4) is 5.75 Å². The zero-order valence-electron chi connectivity index (χ0n) is 34.1. The Morgan fingerprint density at radius 1 is 0.914 bits per heavy atom. The molecular formula is C39H50N5O13P. The zero-order valence-corrected chi connectivity index (χ0v) is 35.0. The number of rotatable bonds is 11. The molecule has 0 saturated carbocycles. The van der Waals surface area contributed by atoms with Crippen molar-refractivity contribution in [3.05, 3.63) is 58.4 Å². The Morgan fingerprint density at radius 2 is 1.62 bits per heavy atom. The van der Waals surface area contributed by atoms with Crippen LogP contribution in [0.5, 0.6) is 5.75 Å². The minimum atomic E-state index is -4.21. The van der Waals surface area contributed by atoms with Crippen LogP contribution in [-0.2, 0) is 43.7 Å². The van der Waals surface area contributed by atoms with Gasteiger partial charge in [0.15, 0.2) is 18.2 Å². The van der Waals surface area contributed by atoms with Crippen molar-refractivity contribution in [3.63, 3.8) is 0 Å². The van der Waals surface area contributed by atoms with Crippen molar-refractivity contribution in [1.82, 2.24) is 14.5 Å². The summed E-state index contributed by atoms with van der Waals surface area (Å²) in [5, 5.41) is 0.828. The van der Waals surface area contributed by atoms with Gasteiger partial charge in [0.2, 0.25) is 6.79 Å². The number of pyridine rings is 2. The fourth-order valence-electron chi connectivity index (χ4n) is 6.73. The molecular weight excluding hydrogens is 777 g/mol. The third-order valence-electron chi connectivity index (χ3n) is 8.82. The Balaban J connectivity index is 1.17. The average molecular weight is 828 g/mol. The smallest absolute Gasteiger partial charge is 0.478 e. The van der Waals surface area contributed by atoms with Crippen LogP contribution in [0.1, 0.15) is 86.8 Å². The fourth-order valence-corrected chi connectivity index (χ4v) is 8.40. The maximum absolute atomic E-state index is 13.9. The normalized spacial score (nSPS) is 18.2. The molecule has 0 radical (unpaired) electrons. The lowest BCUT2D eigenvalue weighted by Gasteiger charge is -2.31. The van der Waals surface area contributed by atoms with E-state index < -0.39 is 74.4 Å². The molecule has 19 heteroatoms. The van der Waals surface area contributed by atoms with Gasteiger partial charge in [-0.15, -0.1) is 0 Å². The van der Waals surface area contributed by atoms with Gasteiger partial charge in [-0.3, -0.25) is 28.4 Å². The summed E-state index contributed by atoms with van der Waals surface area (Å²) in [5.41, 5.74) is -1.50. The van der Waals surface area contributed by atoms with Gasteiger partial charge in [-0.25, -0.2) is 28.5 Å². The summed E-state index contributed by atoms with van der Waals surface area (Å²) in [4.78, 5) is 73.8. The third-order valence-corrected chi connectivity index (χ3v) is 10.8. The molecule has 58 heavy (non-hydrogen) atoms. The predicted octanol–water partition coefficient (Wildman–Crippen LogP) is 7.07. The van der Waals surface area contributed by atoms with Gasteiger partial charge in [0.1, 0.15) is 17.5 Å². The molecule has 3 aromatic rings. The van der Waals surface area contributed by atoms with Crippen molar-refractivity contribution in [2.24, 2.45) is 0 Å². The molecule has 0 N–H and O–H groups in total. The number of amides is 4. The standard InChI is InChI=1S/C39H50N5O13P/c1-37(2,3)55-36(49)44-31(46)22-51-28-16-17-29(40-33(28)44)42-20-25(54-35(42)48)13-11-19-41(27-21-43-30(45)18-15-24-12-10-14-26(27)32(24)43)34(47)52-23-53-58(50,56-38(4,5)6)57-39(7,8)9/h10,12,14-18,25,27H,11,13,19-23H2,1-9H3/t25-,27+/m0/s1. The van der Waals surface area contributed by atoms with Gasteiger partial charge in [0.05, 0.1) is 35.9 Å². The first-order chi connectivity index (χ1) is 27.0. The number of aromatic nitrogens is 2. The SMILES string of the molecule is CC(C)(C)OC(=O)N1C(=O)COc2ccc(N3C[C@H](CCCN(C(=O)OCOP(=O)(OC(C)(C)C)OC(C)(C)C)[C@@H]4Cn5c(=O)ccc6cccc4c65)OC3=O)nc21. The number of hydrogen-bond acceptors (Lipinski definition) is 14. The van der Waals surface area contributed by atoms with Gasteiger partial charge < -0.3 is 23.5 Å². The summed E-state index contributed by atoms with van der Waals surface area (Å²) in [5.74, 6) is -0.516. The van der Waals surface area contributed by atoms with E-state index in [2.05, 4.69) is 4.98 Å². The second-order valence-electron chi connectivity index (χ2n) is 17.0. The number of carbonyl (C=O) groups is 4. The number of imide groups is 1. The van der Waals surface area contributed by atoms with E-state index in [-0.39, 0.29) is 42.6 Å². The summed E-state index contributed by atoms with van der Waals surface area (Å²) in [6.45, 7) is 14.3. The van der Waals surface area contributed by atoms with Crippen LogP contribution in [0.4, 0.5) is 26.0 Å². The number of ether oxygens (including phenoxy) is 4. The van der Waals surface area contributed by atoms with Gasteiger partial charge >= 0.3 is 26.1 Å². The van der Waals surface area contributed by atoms with Crippen LogP contribution < -0.4 is 20.1 Å². The first-order valence-corrected chi connectivity index (χ1v) is 20.4. The van der Waals surface area contributed by atoms with Crippen LogP contribution in [0.3, 0.4) is 0 Å². The van der Waals surface area contributed by atoms with E-state index in [4.69, 9.17) is 32.5 Å². The highest BCUT2D eigenvalue weighted by molar-refractivity contribution is 7.48. The molecule has 314 valence electrons. The number of cyclic esters (lactones) is 1. The number of hydrogen-bond donors (Lipinski definition) is 0. The summed E-state index contributed by atoms with van der Waals surface area (Å²) in [6.07, 6.45) is -2.44. The van der Waals surface area contributed by atoms with E-state index in [1.165, 1.54) is 28.0 Å². The predicted molar refractivity (Wildman–Crippen MR) is 210 cm³/mol. The van der Waals surface area contributed by atoms with Crippen LogP contribution in [0.2, 0.25) is 0 Å². The number of benzene rings is 1. The first kappa shape index (κ1) is 42.6. The van der Waals surface area contributed by atoms with Crippen molar-refractivity contribution < 1.29 is 56.3 Å². The molecule has 2 atom stereocenters. The summed E-state index contributed by atoms with van der Waals surface area (Å²) < 4.78 is 54.2. The second kappa shape index (κ2) is 16.0. The summed E-state index contributed by atoms with van der Waals surface area (Å²) in [7, 11) is -4.21. The highest BCUT2D eigenvalue weighted by Crippen LogP contribution is 2.55. The van der Waals surface area contributed by atoms with Crippen LogP contribution in [0, 0.1) is 0 Å². The Kier molecular flexibility index (Phi) is 11.7. The molecule has 5 heterocycles. The van der Waals surface area contributed by atoms with E-state index in [1.54, 1.807) is 72.9 Å². The van der Waals surface area contributed by atoms with Crippen LogP contribution >= 0.6 is 7.82 Å². The minimum absolute atomic E-state index is 0.0740. The quantitative estimate of drug-likeness (QED) is 0.108. The van der Waals surface area contributed by atoms with Crippen molar-refractivity contribution in [2.45, 2.75) is 111 Å². The molecule has 0 spiro atoms. The highest BCUT2D eigenvalue weighted by atomic mass is 31.2. The van der Waals surface area contributed by atoms with Crippen molar-refractivity contribution in [2.75, 3.05) is 36.3 Å². The summed E-state index contributed by atoms with van der Waals surface area (Å²) >= 11 is 0. The number of fused-ring (bicyclic) bond motifs is 1. The largest absolute Gasteiger partial charge is 0.480 e. The molecule has 0 aliphatic carbocycles. The Labute approximate surface area is 335 Å². The molecule has 0 bridgehead atoms. The lowest BCUT2D eigenvalue weighted by molar-refractivity contribution is -0.121. The number of para-hydroxylation sites is 1. The number of nitrogens with zero attached hydrogens (tertiary/aromatic N) is 5. The topological polar surface area (TPSA) is 195 Å². The second-order valence-corrected chi connectivity index (χ2v) is 18.6. The highest BCUT2D eigenvalue weighted by Gasteiger charge is 2.41. The van der Waals surface area contributed by atoms with Crippen LogP contribution in [-0.4, -0.2) is 88.0 Å². The van der Waals surface area contributed by atoms with Gasteiger partial charge in [0.25, 0.3) is 11.5 Å². The van der Waals surface area contributed by atoms with Gasteiger partial charge in [0, 0.05) is 18.2 Å². The Morgan fingerprint density at radius 3 is 2.29 bits per heavy atom. The monoisotopic (exact) mass is 827 g/mol. The first-order valence-electron chi connectivity index (χ1n) is 18.9. The molecule has 3 aliphatic heterocycles. The number of anilines is 2. The van der Waals surface area contributed by atoms with E-state index >= 15 is 0 Å². The minimum Gasteiger partial charge on any atom is -0.480 e. The van der Waals surface area contributed by atoms with E-state index in [0.717, 1.165) is 15.8 Å². The van der Waals surface area contributed by atoms with Crippen LogP contribution in [0.15, 0.2) is 47.3 Å². The molecule has 6 rings (SSSR count). The molecule has 0 unspecified atom stereocenters. The molecule has 3 aliphatic rings. The average Bonchev–Trinajstić information content (AvgIpc) is 3.66. The fraction of sp³-hybridized carbons (Fsp3) is 0.538.